The predicted molar refractivity (Wildman–Crippen MR) is 113 cm³/mol. The summed E-state index contributed by atoms with van der Waals surface area (Å²) in [7, 11) is 0. The van der Waals surface area contributed by atoms with E-state index in [0.717, 1.165) is 30.6 Å². The first-order chi connectivity index (χ1) is 13.5. The van der Waals surface area contributed by atoms with E-state index in [1.54, 1.807) is 0 Å². The van der Waals surface area contributed by atoms with Gasteiger partial charge >= 0.3 is 5.97 Å². The third-order valence-corrected chi connectivity index (χ3v) is 8.58. The van der Waals surface area contributed by atoms with E-state index in [2.05, 4.69) is 6.92 Å². The lowest BCUT2D eigenvalue weighted by Crippen LogP contribution is -2.44. The van der Waals surface area contributed by atoms with Crippen molar-refractivity contribution in [2.75, 3.05) is 6.61 Å². The van der Waals surface area contributed by atoms with E-state index in [4.69, 9.17) is 4.74 Å². The highest BCUT2D eigenvalue weighted by molar-refractivity contribution is 6.03. The fourth-order valence-corrected chi connectivity index (χ4v) is 6.31. The molecule has 3 aliphatic rings. The number of hydrogen-bond donors (Lipinski definition) is 0. The molecule has 0 radical (unpaired) electrons. The molecule has 3 rings (SSSR count). The minimum absolute atomic E-state index is 0.130. The van der Waals surface area contributed by atoms with Crippen LogP contribution in [0.15, 0.2) is 0 Å². The van der Waals surface area contributed by atoms with Crippen LogP contribution in [-0.4, -0.2) is 18.4 Å². The Kier molecular flexibility index (Phi) is 7.61. The van der Waals surface area contributed by atoms with Gasteiger partial charge in [-0.2, -0.15) is 0 Å². The van der Waals surface area contributed by atoms with Gasteiger partial charge in [0.15, 0.2) is 0 Å². The second kappa shape index (κ2) is 9.76. The summed E-state index contributed by atoms with van der Waals surface area (Å²) in [5, 5.41) is 0. The Bertz CT molecular complexity index is 526. The predicted octanol–water partition coefficient (Wildman–Crippen LogP) is 6.34. The number of Topliss-reactive ketones (excluding diaryl/α,β-unsaturated/α-hetero) is 1. The van der Waals surface area contributed by atoms with E-state index in [1.807, 2.05) is 13.8 Å². The van der Waals surface area contributed by atoms with E-state index in [1.165, 1.54) is 57.8 Å². The topological polar surface area (TPSA) is 43.4 Å². The molecule has 0 bridgehead atoms. The van der Waals surface area contributed by atoms with E-state index in [9.17, 15) is 9.59 Å². The summed E-state index contributed by atoms with van der Waals surface area (Å²) in [5.41, 5.74) is -0.888. The number of carbonyl (C=O) groups is 2. The van der Waals surface area contributed by atoms with Crippen LogP contribution in [0.25, 0.3) is 0 Å². The van der Waals surface area contributed by atoms with Crippen LogP contribution in [-0.2, 0) is 14.3 Å². The first-order valence-electron chi connectivity index (χ1n) is 12.2. The zero-order valence-electron chi connectivity index (χ0n) is 18.5. The molecular formula is C25H42O3. The maximum absolute atomic E-state index is 12.8. The highest BCUT2D eigenvalue weighted by atomic mass is 16.5. The Morgan fingerprint density at radius 3 is 1.93 bits per heavy atom. The Labute approximate surface area is 172 Å². The van der Waals surface area contributed by atoms with Crippen LogP contribution in [0.4, 0.5) is 0 Å². The van der Waals surface area contributed by atoms with E-state index >= 15 is 0 Å². The van der Waals surface area contributed by atoms with Crippen molar-refractivity contribution in [2.45, 2.75) is 104 Å². The van der Waals surface area contributed by atoms with Crippen molar-refractivity contribution in [1.82, 2.24) is 0 Å². The van der Waals surface area contributed by atoms with Crippen molar-refractivity contribution < 1.29 is 14.3 Å². The summed E-state index contributed by atoms with van der Waals surface area (Å²) in [4.78, 5) is 25.2. The third-order valence-electron chi connectivity index (χ3n) is 8.58. The van der Waals surface area contributed by atoms with Crippen molar-refractivity contribution in [2.24, 2.45) is 35.0 Å². The van der Waals surface area contributed by atoms with Gasteiger partial charge in [-0.3, -0.25) is 9.59 Å². The molecule has 0 spiro atoms. The van der Waals surface area contributed by atoms with Crippen molar-refractivity contribution in [1.29, 1.82) is 0 Å². The lowest BCUT2D eigenvalue weighted by molar-refractivity contribution is -0.162. The maximum atomic E-state index is 12.8. The summed E-state index contributed by atoms with van der Waals surface area (Å²) >= 11 is 0. The molecule has 2 atom stereocenters. The molecule has 3 saturated carbocycles. The monoisotopic (exact) mass is 390 g/mol. The minimum atomic E-state index is -0.888. The molecule has 0 unspecified atom stereocenters. The summed E-state index contributed by atoms with van der Waals surface area (Å²) < 4.78 is 5.32. The van der Waals surface area contributed by atoms with Crippen LogP contribution >= 0.6 is 0 Å². The average Bonchev–Trinajstić information content (AvgIpc) is 2.74. The summed E-state index contributed by atoms with van der Waals surface area (Å²) in [6.45, 7) is 6.57. The van der Waals surface area contributed by atoms with E-state index in [-0.39, 0.29) is 11.8 Å². The fourth-order valence-electron chi connectivity index (χ4n) is 6.31. The molecule has 0 amide bonds. The van der Waals surface area contributed by atoms with Gasteiger partial charge in [0.2, 0.25) is 0 Å². The van der Waals surface area contributed by atoms with E-state index < -0.39 is 5.41 Å². The zero-order chi connectivity index (χ0) is 20.1. The standard InChI is InChI=1S/C25H42O3/c1-4-16-28-24(27)25(3)15-14-22(17-23(25)26)21-12-10-20(11-13-21)19-8-6-18(5-2)7-9-19/h18-22H,4-17H2,1-3H3/t18?,19?,20?,21?,22-,25+/m1/s1. The zero-order valence-corrected chi connectivity index (χ0v) is 18.5. The molecule has 28 heavy (non-hydrogen) atoms. The Balaban J connectivity index is 1.46. The SMILES string of the molecule is CCCOC(=O)[C@@]1(C)CC[C@@H](C2CCC(C3CCC(CC)CC3)CC2)CC1=O. The Morgan fingerprint density at radius 2 is 1.43 bits per heavy atom. The molecule has 3 fully saturated rings. The van der Waals surface area contributed by atoms with Gasteiger partial charge in [0.05, 0.1) is 6.61 Å². The summed E-state index contributed by atoms with van der Waals surface area (Å²) in [6.07, 6.45) is 15.6. The number of rotatable bonds is 6. The van der Waals surface area contributed by atoms with Crippen molar-refractivity contribution >= 4 is 11.8 Å². The highest BCUT2D eigenvalue weighted by Crippen LogP contribution is 2.47. The lowest BCUT2D eigenvalue weighted by Gasteiger charge is -2.42. The molecule has 0 N–H and O–H groups in total. The van der Waals surface area contributed by atoms with Crippen LogP contribution in [0.3, 0.4) is 0 Å². The van der Waals surface area contributed by atoms with E-state index in [0.29, 0.717) is 31.3 Å². The molecule has 0 aliphatic heterocycles. The number of carbonyl (C=O) groups excluding carboxylic acids is 2. The normalized spacial score (nSPS) is 39.5. The van der Waals surface area contributed by atoms with Gasteiger partial charge in [-0.25, -0.2) is 0 Å². The van der Waals surface area contributed by atoms with Crippen molar-refractivity contribution in [3.63, 3.8) is 0 Å². The molecule has 0 aromatic carbocycles. The van der Waals surface area contributed by atoms with Gasteiger partial charge in [0, 0.05) is 6.42 Å². The van der Waals surface area contributed by atoms with Crippen molar-refractivity contribution in [3.05, 3.63) is 0 Å². The van der Waals surface area contributed by atoms with Crippen LogP contribution < -0.4 is 0 Å². The minimum Gasteiger partial charge on any atom is -0.465 e. The van der Waals surface area contributed by atoms with Crippen molar-refractivity contribution in [3.8, 4) is 0 Å². The molecule has 0 aromatic heterocycles. The fraction of sp³-hybridized carbons (Fsp3) is 0.920. The second-order valence-electron chi connectivity index (χ2n) is 10.3. The molecule has 3 nitrogen and oxygen atoms in total. The Morgan fingerprint density at radius 1 is 0.893 bits per heavy atom. The third kappa shape index (κ3) is 4.82. The van der Waals surface area contributed by atoms with Gasteiger partial charge in [-0.05, 0) is 94.3 Å². The highest BCUT2D eigenvalue weighted by Gasteiger charge is 2.47. The Hall–Kier alpha value is -0.860. The summed E-state index contributed by atoms with van der Waals surface area (Å²) in [5.74, 6) is 3.92. The number of hydrogen-bond acceptors (Lipinski definition) is 3. The smallest absolute Gasteiger partial charge is 0.319 e. The second-order valence-corrected chi connectivity index (χ2v) is 10.3. The number of ketones is 1. The molecule has 3 aliphatic carbocycles. The molecule has 3 heteroatoms. The average molecular weight is 391 g/mol. The first kappa shape index (κ1) is 21.8. The summed E-state index contributed by atoms with van der Waals surface area (Å²) in [6, 6.07) is 0. The largest absolute Gasteiger partial charge is 0.465 e. The van der Waals surface area contributed by atoms with Gasteiger partial charge < -0.3 is 4.74 Å². The van der Waals surface area contributed by atoms with Crippen LogP contribution in [0, 0.1) is 35.0 Å². The number of ether oxygens (including phenoxy) is 1. The van der Waals surface area contributed by atoms with Crippen LogP contribution in [0.5, 0.6) is 0 Å². The molecule has 0 aromatic rings. The van der Waals surface area contributed by atoms with Crippen LogP contribution in [0.1, 0.15) is 104 Å². The molecular weight excluding hydrogens is 348 g/mol. The molecule has 0 heterocycles. The number of esters is 1. The van der Waals surface area contributed by atoms with Gasteiger partial charge in [-0.1, -0.05) is 33.1 Å². The molecule has 0 saturated heterocycles. The van der Waals surface area contributed by atoms with Gasteiger partial charge in [0.1, 0.15) is 11.2 Å². The first-order valence-corrected chi connectivity index (χ1v) is 12.2. The van der Waals surface area contributed by atoms with Gasteiger partial charge in [0.25, 0.3) is 0 Å². The lowest BCUT2D eigenvalue weighted by atomic mass is 9.62. The quantitative estimate of drug-likeness (QED) is 0.393. The maximum Gasteiger partial charge on any atom is 0.319 e. The van der Waals surface area contributed by atoms with Gasteiger partial charge in [-0.15, -0.1) is 0 Å². The molecule has 160 valence electrons. The van der Waals surface area contributed by atoms with Crippen LogP contribution in [0.2, 0.25) is 0 Å².